The van der Waals surface area contributed by atoms with Crippen LogP contribution in [0.25, 0.3) is 5.69 Å². The van der Waals surface area contributed by atoms with Gasteiger partial charge in [0.1, 0.15) is 12.2 Å². The summed E-state index contributed by atoms with van der Waals surface area (Å²) >= 11 is 0. The predicted molar refractivity (Wildman–Crippen MR) is 80.1 cm³/mol. The van der Waals surface area contributed by atoms with Crippen LogP contribution < -0.4 is 5.32 Å². The van der Waals surface area contributed by atoms with Crippen LogP contribution in [0.2, 0.25) is 0 Å². The van der Waals surface area contributed by atoms with Crippen molar-refractivity contribution < 1.29 is 0 Å². The van der Waals surface area contributed by atoms with Crippen molar-refractivity contribution in [2.45, 2.75) is 12.5 Å². The van der Waals surface area contributed by atoms with E-state index in [0.717, 1.165) is 23.5 Å². The quantitative estimate of drug-likeness (QED) is 0.770. The second-order valence-corrected chi connectivity index (χ2v) is 4.90. The second kappa shape index (κ2) is 5.88. The maximum atomic E-state index is 4.44. The van der Waals surface area contributed by atoms with Crippen molar-refractivity contribution in [3.63, 3.8) is 0 Å². The maximum absolute atomic E-state index is 4.44. The number of aryl methyl sites for hydroxylation is 1. The van der Waals surface area contributed by atoms with E-state index >= 15 is 0 Å². The summed E-state index contributed by atoms with van der Waals surface area (Å²) in [5.41, 5.74) is 2.18. The molecule has 0 bridgehead atoms. The molecule has 0 radical (unpaired) electrons. The predicted octanol–water partition coefficient (Wildman–Crippen LogP) is 1.50. The first-order valence-electron chi connectivity index (χ1n) is 6.88. The van der Waals surface area contributed by atoms with E-state index in [1.807, 2.05) is 61.5 Å². The number of nitrogens with one attached hydrogen (secondary N) is 1. The smallest absolute Gasteiger partial charge is 0.138 e. The molecule has 1 aromatic carbocycles. The number of para-hydroxylation sites is 1. The van der Waals surface area contributed by atoms with Crippen LogP contribution in [-0.4, -0.2) is 31.6 Å². The highest BCUT2D eigenvalue weighted by atomic mass is 15.3. The Morgan fingerprint density at radius 3 is 2.67 bits per heavy atom. The molecule has 0 spiro atoms. The fraction of sp³-hybridized carbons (Fsp3) is 0.267. The van der Waals surface area contributed by atoms with Gasteiger partial charge >= 0.3 is 0 Å². The third-order valence-corrected chi connectivity index (χ3v) is 3.57. The van der Waals surface area contributed by atoms with Crippen LogP contribution in [0.4, 0.5) is 0 Å². The molecule has 0 aliphatic rings. The first kappa shape index (κ1) is 13.5. The Hall–Kier alpha value is -2.47. The largest absolute Gasteiger partial charge is 0.313 e. The van der Waals surface area contributed by atoms with Gasteiger partial charge in [0.2, 0.25) is 0 Å². The summed E-state index contributed by atoms with van der Waals surface area (Å²) in [6.07, 6.45) is 6.29. The SMILES string of the molecule is CNC(Cc1ncnn1C)c1cnn(-c2ccccc2)c1. The Morgan fingerprint density at radius 1 is 1.19 bits per heavy atom. The van der Waals surface area contributed by atoms with Crippen molar-refractivity contribution in [1.29, 1.82) is 0 Å². The zero-order valence-corrected chi connectivity index (χ0v) is 12.1. The lowest BCUT2D eigenvalue weighted by Gasteiger charge is -2.13. The molecule has 3 aromatic rings. The Kier molecular flexibility index (Phi) is 3.79. The Labute approximate surface area is 123 Å². The zero-order chi connectivity index (χ0) is 14.7. The molecule has 0 saturated carbocycles. The fourth-order valence-corrected chi connectivity index (χ4v) is 2.31. The van der Waals surface area contributed by atoms with Crippen molar-refractivity contribution in [3.8, 4) is 5.69 Å². The third kappa shape index (κ3) is 2.85. The van der Waals surface area contributed by atoms with E-state index in [4.69, 9.17) is 0 Å². The highest BCUT2D eigenvalue weighted by Crippen LogP contribution is 2.18. The van der Waals surface area contributed by atoms with Gasteiger partial charge in [-0.15, -0.1) is 0 Å². The molecule has 0 fully saturated rings. The summed E-state index contributed by atoms with van der Waals surface area (Å²) in [5.74, 6) is 0.946. The summed E-state index contributed by atoms with van der Waals surface area (Å²) in [6.45, 7) is 0. The molecule has 0 amide bonds. The second-order valence-electron chi connectivity index (χ2n) is 4.90. The van der Waals surface area contributed by atoms with Crippen LogP contribution in [0.15, 0.2) is 49.1 Å². The van der Waals surface area contributed by atoms with Gasteiger partial charge in [0, 0.05) is 31.3 Å². The van der Waals surface area contributed by atoms with Crippen LogP contribution in [0.5, 0.6) is 0 Å². The molecule has 108 valence electrons. The topological polar surface area (TPSA) is 60.6 Å². The first-order chi connectivity index (χ1) is 10.3. The molecule has 1 atom stereocenters. The van der Waals surface area contributed by atoms with Gasteiger partial charge in [-0.25, -0.2) is 9.67 Å². The molecule has 21 heavy (non-hydrogen) atoms. The van der Waals surface area contributed by atoms with E-state index < -0.39 is 0 Å². The minimum atomic E-state index is 0.158. The lowest BCUT2D eigenvalue weighted by atomic mass is 10.1. The normalized spacial score (nSPS) is 12.5. The van der Waals surface area contributed by atoms with Crippen molar-refractivity contribution >= 4 is 0 Å². The molecule has 0 aliphatic carbocycles. The Balaban J connectivity index is 1.82. The number of hydrogen-bond donors (Lipinski definition) is 1. The lowest BCUT2D eigenvalue weighted by molar-refractivity contribution is 0.553. The van der Waals surface area contributed by atoms with Gasteiger partial charge in [0.15, 0.2) is 0 Å². The van der Waals surface area contributed by atoms with E-state index in [9.17, 15) is 0 Å². The monoisotopic (exact) mass is 282 g/mol. The Morgan fingerprint density at radius 2 is 2.00 bits per heavy atom. The zero-order valence-electron chi connectivity index (χ0n) is 12.1. The van der Waals surface area contributed by atoms with Gasteiger partial charge in [0.25, 0.3) is 0 Å². The van der Waals surface area contributed by atoms with Gasteiger partial charge < -0.3 is 5.32 Å². The Bertz CT molecular complexity index is 700. The number of aromatic nitrogens is 5. The molecule has 6 nitrogen and oxygen atoms in total. The summed E-state index contributed by atoms with van der Waals surface area (Å²) in [5, 5.41) is 11.9. The van der Waals surface area contributed by atoms with Crippen LogP contribution in [-0.2, 0) is 13.5 Å². The van der Waals surface area contributed by atoms with E-state index in [1.165, 1.54) is 0 Å². The molecule has 2 aromatic heterocycles. The number of benzene rings is 1. The van der Waals surface area contributed by atoms with Crippen LogP contribution in [0.3, 0.4) is 0 Å². The minimum absolute atomic E-state index is 0.158. The number of nitrogens with zero attached hydrogens (tertiary/aromatic N) is 5. The molecular weight excluding hydrogens is 264 g/mol. The molecular formula is C15H18N6. The van der Waals surface area contributed by atoms with Gasteiger partial charge in [-0.05, 0) is 19.2 Å². The van der Waals surface area contributed by atoms with Crippen molar-refractivity contribution in [1.82, 2.24) is 29.9 Å². The summed E-state index contributed by atoms with van der Waals surface area (Å²) in [4.78, 5) is 4.28. The van der Waals surface area contributed by atoms with Gasteiger partial charge in [-0.3, -0.25) is 4.68 Å². The van der Waals surface area contributed by atoms with Gasteiger partial charge in [-0.2, -0.15) is 10.2 Å². The lowest BCUT2D eigenvalue weighted by Crippen LogP contribution is -2.20. The highest BCUT2D eigenvalue weighted by molar-refractivity contribution is 5.31. The summed E-state index contributed by atoms with van der Waals surface area (Å²) in [7, 11) is 3.85. The highest BCUT2D eigenvalue weighted by Gasteiger charge is 2.15. The standard InChI is InChI=1S/C15H18N6/c1-16-14(8-15-17-11-19-20(15)2)12-9-18-21(10-12)13-6-4-3-5-7-13/h3-7,9-11,14,16H,8H2,1-2H3. The molecule has 0 aliphatic heterocycles. The van der Waals surface area contributed by atoms with Crippen LogP contribution in [0, 0.1) is 0 Å². The molecule has 3 rings (SSSR count). The van der Waals surface area contributed by atoms with Crippen LogP contribution >= 0.6 is 0 Å². The first-order valence-corrected chi connectivity index (χ1v) is 6.88. The van der Waals surface area contributed by atoms with Gasteiger partial charge in [-0.1, -0.05) is 18.2 Å². The van der Waals surface area contributed by atoms with Crippen molar-refractivity contribution in [2.24, 2.45) is 7.05 Å². The average molecular weight is 282 g/mol. The molecule has 0 saturated heterocycles. The molecule has 6 heteroatoms. The average Bonchev–Trinajstić information content (AvgIpc) is 3.15. The number of hydrogen-bond acceptors (Lipinski definition) is 4. The van der Waals surface area contributed by atoms with Crippen LogP contribution in [0.1, 0.15) is 17.4 Å². The van der Waals surface area contributed by atoms with Crippen molar-refractivity contribution in [2.75, 3.05) is 7.05 Å². The van der Waals surface area contributed by atoms with Gasteiger partial charge in [0.05, 0.1) is 11.9 Å². The molecule has 2 heterocycles. The van der Waals surface area contributed by atoms with E-state index in [2.05, 4.69) is 20.5 Å². The third-order valence-electron chi connectivity index (χ3n) is 3.57. The van der Waals surface area contributed by atoms with E-state index in [1.54, 1.807) is 11.0 Å². The summed E-state index contributed by atoms with van der Waals surface area (Å²) < 4.78 is 3.68. The van der Waals surface area contributed by atoms with E-state index in [0.29, 0.717) is 0 Å². The summed E-state index contributed by atoms with van der Waals surface area (Å²) in [6, 6.07) is 10.2. The van der Waals surface area contributed by atoms with Crippen molar-refractivity contribution in [3.05, 3.63) is 60.4 Å². The number of likely N-dealkylation sites (N-methyl/N-ethyl adjacent to an activating group) is 1. The fourth-order valence-electron chi connectivity index (χ4n) is 2.31. The molecule has 1 unspecified atom stereocenters. The number of rotatable bonds is 5. The maximum Gasteiger partial charge on any atom is 0.138 e. The minimum Gasteiger partial charge on any atom is -0.313 e. The molecule has 1 N–H and O–H groups in total. The van der Waals surface area contributed by atoms with E-state index in [-0.39, 0.29) is 6.04 Å².